The predicted molar refractivity (Wildman–Crippen MR) is 144 cm³/mol. The zero-order valence-electron chi connectivity index (χ0n) is 21.6. The van der Waals surface area contributed by atoms with Gasteiger partial charge >= 0.3 is 48.7 Å². The summed E-state index contributed by atoms with van der Waals surface area (Å²) in [5, 5.41) is 12.5. The maximum absolute atomic E-state index is 12.4. The number of likely N-dealkylation sites (tertiary alicyclic amines) is 1. The van der Waals surface area contributed by atoms with E-state index in [1.54, 1.807) is 4.90 Å². The summed E-state index contributed by atoms with van der Waals surface area (Å²) in [4.78, 5) is 14.0. The van der Waals surface area contributed by atoms with Gasteiger partial charge in [-0.25, -0.2) is 4.79 Å². The van der Waals surface area contributed by atoms with Gasteiger partial charge in [-0.15, -0.1) is 0 Å². The third-order valence-electron chi connectivity index (χ3n) is 6.40. The standard InChI is InChI=1S/C26H27NO4.C4H9.Li/c28-25(31-20-22-9-5-2-6-10-22)27-17-15-26(29,16-18-27)23-11-13-24(14-12-23)30-19-21-7-3-1-4-8-21;1-3-4-2;/h1-14,29H,15-20H2;1,3-4H2,2H3;. The van der Waals surface area contributed by atoms with E-state index in [2.05, 4.69) is 24.6 Å². The number of carbonyl (C=O) groups is 1. The summed E-state index contributed by atoms with van der Waals surface area (Å²) in [5.41, 5.74) is 1.96. The van der Waals surface area contributed by atoms with Crippen LogP contribution in [0.1, 0.15) is 49.3 Å². The van der Waals surface area contributed by atoms with Gasteiger partial charge in [0.15, 0.2) is 0 Å². The molecule has 0 spiro atoms. The van der Waals surface area contributed by atoms with Gasteiger partial charge in [0.25, 0.3) is 0 Å². The fourth-order valence-corrected chi connectivity index (χ4v) is 4.11. The summed E-state index contributed by atoms with van der Waals surface area (Å²) in [7, 11) is 0. The second kappa shape index (κ2) is 14.8. The van der Waals surface area contributed by atoms with Crippen molar-refractivity contribution in [1.82, 2.24) is 4.90 Å². The summed E-state index contributed by atoms with van der Waals surface area (Å²) in [6, 6.07) is 27.2. The summed E-state index contributed by atoms with van der Waals surface area (Å²) < 4.78 is 11.2. The number of amides is 1. The molecule has 0 radical (unpaired) electrons. The van der Waals surface area contributed by atoms with Crippen molar-refractivity contribution >= 4 is 23.8 Å². The van der Waals surface area contributed by atoms with Crippen LogP contribution in [0.2, 0.25) is 5.09 Å². The molecular weight excluding hydrogens is 445 g/mol. The number of carbonyl (C=O) groups excluding carboxylic acids is 1. The average Bonchev–Trinajstić information content (AvgIpc) is 2.93. The Balaban J connectivity index is 0.000000658. The molecule has 4 rings (SSSR count). The van der Waals surface area contributed by atoms with Gasteiger partial charge in [-0.05, 0) is 41.7 Å². The average molecular weight is 482 g/mol. The van der Waals surface area contributed by atoms with E-state index in [0.29, 0.717) is 32.5 Å². The number of ether oxygens (including phenoxy) is 2. The predicted octanol–water partition coefficient (Wildman–Crippen LogP) is 6.26. The zero-order valence-corrected chi connectivity index (χ0v) is 21.6. The van der Waals surface area contributed by atoms with Crippen LogP contribution in [0.3, 0.4) is 0 Å². The van der Waals surface area contributed by atoms with E-state index in [0.717, 1.165) is 22.4 Å². The molecule has 5 nitrogen and oxygen atoms in total. The number of nitrogens with zero attached hydrogens (tertiary/aromatic N) is 1. The molecule has 1 saturated heterocycles. The third-order valence-corrected chi connectivity index (χ3v) is 6.40. The van der Waals surface area contributed by atoms with Crippen LogP contribution >= 0.6 is 0 Å². The minimum atomic E-state index is -0.950. The van der Waals surface area contributed by atoms with Gasteiger partial charge in [-0.3, -0.25) is 0 Å². The molecule has 0 aromatic heterocycles. The zero-order chi connectivity index (χ0) is 25.6. The van der Waals surface area contributed by atoms with Crippen molar-refractivity contribution in [1.29, 1.82) is 0 Å². The monoisotopic (exact) mass is 481 g/mol. The van der Waals surface area contributed by atoms with E-state index in [1.807, 2.05) is 84.9 Å². The molecule has 0 aliphatic carbocycles. The number of piperidine rings is 1. The molecule has 0 unspecified atom stereocenters. The van der Waals surface area contributed by atoms with Crippen molar-refractivity contribution in [3.63, 3.8) is 0 Å². The molecular formula is C30H36LiNO4. The molecule has 1 N–H and O–H groups in total. The first-order valence-electron chi connectivity index (χ1n) is 13.0. The van der Waals surface area contributed by atoms with Gasteiger partial charge in [0.1, 0.15) is 19.0 Å². The Hall–Kier alpha value is -2.71. The summed E-state index contributed by atoms with van der Waals surface area (Å²) in [6.07, 6.45) is 3.33. The van der Waals surface area contributed by atoms with Gasteiger partial charge in [-0.1, -0.05) is 72.8 Å². The molecule has 1 amide bonds. The number of hydrogen-bond donors (Lipinski definition) is 1. The van der Waals surface area contributed by atoms with Crippen molar-refractivity contribution in [2.45, 2.75) is 56.5 Å². The Morgan fingerprint density at radius 3 is 1.94 bits per heavy atom. The fraction of sp³-hybridized carbons (Fsp3) is 0.367. The van der Waals surface area contributed by atoms with Crippen LogP contribution in [0.15, 0.2) is 84.9 Å². The third kappa shape index (κ3) is 8.75. The Kier molecular flexibility index (Phi) is 11.4. The van der Waals surface area contributed by atoms with Crippen LogP contribution in [-0.4, -0.2) is 46.9 Å². The first kappa shape index (κ1) is 27.9. The Morgan fingerprint density at radius 2 is 1.44 bits per heavy atom. The summed E-state index contributed by atoms with van der Waals surface area (Å²) in [6.45, 7) is 3.88. The molecule has 3 aromatic rings. The van der Waals surface area contributed by atoms with Gasteiger partial charge in [-0.2, -0.15) is 0 Å². The Bertz CT molecular complexity index is 1020. The molecule has 0 atom stereocenters. The minimum absolute atomic E-state index is 0.255. The second-order valence-electron chi connectivity index (χ2n) is 9.21. The summed E-state index contributed by atoms with van der Waals surface area (Å²) in [5.74, 6) is 0.762. The molecule has 6 heteroatoms. The van der Waals surface area contributed by atoms with Crippen LogP contribution in [0.25, 0.3) is 0 Å². The van der Waals surface area contributed by atoms with E-state index in [1.165, 1.54) is 17.9 Å². The number of aliphatic hydroxyl groups is 1. The molecule has 0 saturated carbocycles. The van der Waals surface area contributed by atoms with Crippen LogP contribution in [-0.2, 0) is 23.6 Å². The van der Waals surface area contributed by atoms with E-state index in [4.69, 9.17) is 9.47 Å². The van der Waals surface area contributed by atoms with Gasteiger partial charge < -0.3 is 19.5 Å². The number of hydrogen-bond acceptors (Lipinski definition) is 4. The molecule has 36 heavy (non-hydrogen) atoms. The van der Waals surface area contributed by atoms with Gasteiger partial charge in [0, 0.05) is 13.1 Å². The quantitative estimate of drug-likeness (QED) is 0.386. The molecule has 0 bridgehead atoms. The molecule has 186 valence electrons. The van der Waals surface area contributed by atoms with Crippen molar-refractivity contribution in [3.8, 4) is 5.75 Å². The molecule has 1 aliphatic heterocycles. The normalized spacial score (nSPS) is 14.4. The van der Waals surface area contributed by atoms with Crippen LogP contribution in [0, 0.1) is 0 Å². The first-order valence-corrected chi connectivity index (χ1v) is 13.0. The van der Waals surface area contributed by atoms with Crippen molar-refractivity contribution in [2.75, 3.05) is 13.1 Å². The maximum atomic E-state index is 12.4. The van der Waals surface area contributed by atoms with E-state index in [-0.39, 0.29) is 12.7 Å². The Morgan fingerprint density at radius 1 is 0.889 bits per heavy atom. The molecule has 3 aromatic carbocycles. The molecule has 1 fully saturated rings. The molecule has 1 heterocycles. The Labute approximate surface area is 224 Å². The summed E-state index contributed by atoms with van der Waals surface area (Å²) >= 11 is 2.21. The fourth-order valence-electron chi connectivity index (χ4n) is 4.11. The van der Waals surface area contributed by atoms with E-state index in [9.17, 15) is 9.90 Å². The van der Waals surface area contributed by atoms with E-state index < -0.39 is 5.60 Å². The second-order valence-corrected chi connectivity index (χ2v) is 9.21. The molecule has 1 aliphatic rings. The SMILES string of the molecule is O=C(OCc1ccccc1)N1CCC(O)(c2ccc(OCc3ccccc3)cc2)CC1.[Li][CH2]CCC. The first-order chi connectivity index (χ1) is 17.5. The topological polar surface area (TPSA) is 59.0 Å². The van der Waals surface area contributed by atoms with Crippen molar-refractivity contribution < 1.29 is 19.4 Å². The van der Waals surface area contributed by atoms with Crippen molar-refractivity contribution in [2.24, 2.45) is 0 Å². The number of benzene rings is 3. The van der Waals surface area contributed by atoms with E-state index >= 15 is 0 Å². The number of unbranched alkanes of at least 4 members (excludes halogenated alkanes) is 1. The van der Waals surface area contributed by atoms with Crippen LogP contribution in [0.5, 0.6) is 5.75 Å². The van der Waals surface area contributed by atoms with Crippen LogP contribution in [0.4, 0.5) is 4.79 Å². The number of rotatable bonds is 8. The van der Waals surface area contributed by atoms with Gasteiger partial charge in [0.2, 0.25) is 0 Å². The van der Waals surface area contributed by atoms with Crippen LogP contribution < -0.4 is 4.74 Å². The van der Waals surface area contributed by atoms with Gasteiger partial charge in [0.05, 0.1) is 5.60 Å². The van der Waals surface area contributed by atoms with Crippen molar-refractivity contribution in [3.05, 3.63) is 102 Å².